The van der Waals surface area contributed by atoms with Crippen LogP contribution in [0, 0.1) is 23.2 Å². The number of aliphatic hydroxyl groups is 1. The zero-order valence-corrected chi connectivity index (χ0v) is 18.8. The average Bonchev–Trinajstić information content (AvgIpc) is 3.00. The Hall–Kier alpha value is -1.65. The lowest BCUT2D eigenvalue weighted by atomic mass is 9.55. The number of ether oxygens (including phenoxy) is 1. The van der Waals surface area contributed by atoms with E-state index < -0.39 is 5.60 Å². The first kappa shape index (κ1) is 21.6. The standard InChI is InChI=1S/C26H37NO3/c1-5-27(17-26(4,29)19-11-7-6-8-12-19)16-21-20-14-22-18(2)10-9-13-25(22,3)15-23(20)30-24(21)28/h6-8,11-12,20-23,29H,2,5,9-10,13-17H2,1,3-4H3/p+1/t20-,21+,22+,23+,25+,26-/m1/s1. The first-order chi connectivity index (χ1) is 14.2. The molecule has 1 aromatic carbocycles. The minimum atomic E-state index is -0.919. The number of benzene rings is 1. The number of carbonyl (C=O) groups excluding carboxylic acids is 1. The molecule has 2 saturated carbocycles. The van der Waals surface area contributed by atoms with Gasteiger partial charge in [-0.1, -0.05) is 49.4 Å². The van der Waals surface area contributed by atoms with Gasteiger partial charge < -0.3 is 14.7 Å². The van der Waals surface area contributed by atoms with Crippen LogP contribution in [0.4, 0.5) is 0 Å². The molecule has 1 aliphatic heterocycles. The summed E-state index contributed by atoms with van der Waals surface area (Å²) >= 11 is 0. The molecule has 0 spiro atoms. The summed E-state index contributed by atoms with van der Waals surface area (Å²) in [6.45, 7) is 13.0. The summed E-state index contributed by atoms with van der Waals surface area (Å²) in [5.74, 6) is 0.703. The number of fused-ring (bicyclic) bond motifs is 2. The Morgan fingerprint density at radius 2 is 2.07 bits per heavy atom. The predicted molar refractivity (Wildman–Crippen MR) is 118 cm³/mol. The Balaban J connectivity index is 1.48. The van der Waals surface area contributed by atoms with Crippen LogP contribution >= 0.6 is 0 Å². The molecule has 0 aromatic heterocycles. The highest BCUT2D eigenvalue weighted by Gasteiger charge is 2.56. The Bertz CT molecular complexity index is 789. The normalized spacial score (nSPS) is 36.4. The van der Waals surface area contributed by atoms with Crippen molar-refractivity contribution in [2.24, 2.45) is 23.2 Å². The molecule has 3 aliphatic rings. The van der Waals surface area contributed by atoms with Crippen LogP contribution < -0.4 is 4.90 Å². The Morgan fingerprint density at radius 1 is 1.33 bits per heavy atom. The number of carbonyl (C=O) groups is 1. The second-order valence-corrected chi connectivity index (χ2v) is 10.5. The molecule has 30 heavy (non-hydrogen) atoms. The summed E-state index contributed by atoms with van der Waals surface area (Å²) in [4.78, 5) is 14.2. The molecule has 1 saturated heterocycles. The Morgan fingerprint density at radius 3 is 2.77 bits per heavy atom. The van der Waals surface area contributed by atoms with Crippen molar-refractivity contribution >= 4 is 5.97 Å². The summed E-state index contributed by atoms with van der Waals surface area (Å²) in [6.07, 6.45) is 5.62. The van der Waals surface area contributed by atoms with Crippen molar-refractivity contribution in [2.75, 3.05) is 19.6 Å². The van der Waals surface area contributed by atoms with Gasteiger partial charge in [-0.15, -0.1) is 0 Å². The fraction of sp³-hybridized carbons (Fsp3) is 0.654. The maximum atomic E-state index is 12.9. The van der Waals surface area contributed by atoms with Gasteiger partial charge in [0.1, 0.15) is 24.2 Å². The van der Waals surface area contributed by atoms with Gasteiger partial charge in [0.05, 0.1) is 13.1 Å². The summed E-state index contributed by atoms with van der Waals surface area (Å²) in [7, 11) is 0. The van der Waals surface area contributed by atoms with Gasteiger partial charge in [0, 0.05) is 5.92 Å². The molecule has 1 unspecified atom stereocenters. The SMILES string of the molecule is C=C1CCC[C@@]2(C)C[C@@H]3OC(=O)[C@@H](C[NH+](CC)C[C@@](C)(O)c4ccccc4)[C@H]3C[C@@H]12. The van der Waals surface area contributed by atoms with Crippen molar-refractivity contribution in [3.8, 4) is 0 Å². The number of likely N-dealkylation sites (N-methyl/N-ethyl adjacent to an activating group) is 1. The Kier molecular flexibility index (Phi) is 5.84. The third-order valence-corrected chi connectivity index (χ3v) is 8.32. The van der Waals surface area contributed by atoms with E-state index in [0.29, 0.717) is 12.5 Å². The second-order valence-electron chi connectivity index (χ2n) is 10.5. The predicted octanol–water partition coefficient (Wildman–Crippen LogP) is 3.11. The van der Waals surface area contributed by atoms with E-state index in [4.69, 9.17) is 4.74 Å². The fourth-order valence-electron chi connectivity index (χ4n) is 6.53. The molecule has 4 nitrogen and oxygen atoms in total. The largest absolute Gasteiger partial charge is 0.462 e. The van der Waals surface area contributed by atoms with Gasteiger partial charge >= 0.3 is 5.97 Å². The van der Waals surface area contributed by atoms with E-state index in [-0.39, 0.29) is 29.3 Å². The van der Waals surface area contributed by atoms with Gasteiger partial charge in [-0.3, -0.25) is 4.79 Å². The Labute approximate surface area is 181 Å². The first-order valence-corrected chi connectivity index (χ1v) is 11.7. The zero-order valence-electron chi connectivity index (χ0n) is 18.8. The highest BCUT2D eigenvalue weighted by molar-refractivity contribution is 5.75. The number of allylic oxidation sites excluding steroid dienone is 1. The van der Waals surface area contributed by atoms with Crippen LogP contribution in [-0.2, 0) is 15.1 Å². The maximum absolute atomic E-state index is 12.9. The second kappa shape index (κ2) is 8.12. The van der Waals surface area contributed by atoms with Crippen molar-refractivity contribution < 1.29 is 19.5 Å². The molecular weight excluding hydrogens is 374 g/mol. The molecule has 2 N–H and O–H groups in total. The number of hydrogen-bond acceptors (Lipinski definition) is 3. The lowest BCUT2D eigenvalue weighted by molar-refractivity contribution is -0.908. The number of rotatable bonds is 6. The molecule has 164 valence electrons. The molecule has 0 amide bonds. The van der Waals surface area contributed by atoms with Crippen molar-refractivity contribution in [3.63, 3.8) is 0 Å². The molecule has 1 heterocycles. The lowest BCUT2D eigenvalue weighted by Gasteiger charge is -2.50. The highest BCUT2D eigenvalue weighted by Crippen LogP contribution is 2.56. The fourth-order valence-corrected chi connectivity index (χ4v) is 6.53. The first-order valence-electron chi connectivity index (χ1n) is 11.7. The van der Waals surface area contributed by atoms with Crippen LogP contribution in [0.3, 0.4) is 0 Å². The molecule has 0 bridgehead atoms. The van der Waals surface area contributed by atoms with Crippen LogP contribution in [0.2, 0.25) is 0 Å². The molecule has 7 atom stereocenters. The third kappa shape index (κ3) is 3.97. The van der Waals surface area contributed by atoms with E-state index in [2.05, 4.69) is 20.4 Å². The van der Waals surface area contributed by atoms with E-state index in [1.54, 1.807) is 0 Å². The van der Waals surface area contributed by atoms with Gasteiger partial charge in [-0.25, -0.2) is 0 Å². The van der Waals surface area contributed by atoms with Crippen molar-refractivity contribution in [3.05, 3.63) is 48.0 Å². The van der Waals surface area contributed by atoms with Gasteiger partial charge in [-0.05, 0) is 62.8 Å². The maximum Gasteiger partial charge on any atom is 0.315 e. The monoisotopic (exact) mass is 412 g/mol. The van der Waals surface area contributed by atoms with E-state index in [1.807, 2.05) is 37.3 Å². The highest BCUT2D eigenvalue weighted by atomic mass is 16.6. The van der Waals surface area contributed by atoms with Crippen molar-refractivity contribution in [2.45, 2.75) is 64.6 Å². The minimum absolute atomic E-state index is 0.0248. The molecule has 2 aliphatic carbocycles. The van der Waals surface area contributed by atoms with Crippen LogP contribution in [0.1, 0.15) is 58.4 Å². The van der Waals surface area contributed by atoms with Gasteiger partial charge in [0.25, 0.3) is 0 Å². The van der Waals surface area contributed by atoms with Crippen molar-refractivity contribution in [1.82, 2.24) is 0 Å². The molecule has 1 aromatic rings. The minimum Gasteiger partial charge on any atom is -0.462 e. The van der Waals surface area contributed by atoms with Gasteiger partial charge in [-0.2, -0.15) is 0 Å². The topological polar surface area (TPSA) is 51.0 Å². The number of hydrogen-bond donors (Lipinski definition) is 2. The quantitative estimate of drug-likeness (QED) is 0.558. The number of esters is 1. The molecule has 3 fully saturated rings. The van der Waals surface area contributed by atoms with Crippen LogP contribution in [0.15, 0.2) is 42.5 Å². The van der Waals surface area contributed by atoms with Crippen LogP contribution in [0.5, 0.6) is 0 Å². The van der Waals surface area contributed by atoms with Crippen molar-refractivity contribution in [1.29, 1.82) is 0 Å². The average molecular weight is 413 g/mol. The van der Waals surface area contributed by atoms with Gasteiger partial charge in [0.2, 0.25) is 0 Å². The zero-order chi connectivity index (χ0) is 21.5. The lowest BCUT2D eigenvalue weighted by Crippen LogP contribution is -3.14. The molecule has 4 rings (SSSR count). The smallest absolute Gasteiger partial charge is 0.315 e. The van der Waals surface area contributed by atoms with Gasteiger partial charge in [0.15, 0.2) is 0 Å². The van der Waals surface area contributed by atoms with E-state index in [0.717, 1.165) is 37.9 Å². The number of quaternary nitrogens is 1. The summed E-state index contributed by atoms with van der Waals surface area (Å²) < 4.78 is 5.94. The van der Waals surface area contributed by atoms with Crippen LogP contribution in [0.25, 0.3) is 0 Å². The van der Waals surface area contributed by atoms with E-state index in [9.17, 15) is 9.90 Å². The van der Waals surface area contributed by atoms with E-state index in [1.165, 1.54) is 23.3 Å². The molecular formula is C26H38NO3+. The summed E-state index contributed by atoms with van der Waals surface area (Å²) in [5.41, 5.74) is 1.62. The summed E-state index contributed by atoms with van der Waals surface area (Å²) in [6, 6.07) is 9.84. The third-order valence-electron chi connectivity index (χ3n) is 8.32. The van der Waals surface area contributed by atoms with Crippen LogP contribution in [-0.4, -0.2) is 36.8 Å². The molecule has 4 heteroatoms. The number of nitrogens with one attached hydrogen (secondary N) is 1. The van der Waals surface area contributed by atoms with E-state index >= 15 is 0 Å². The summed E-state index contributed by atoms with van der Waals surface area (Å²) in [5, 5.41) is 11.1. The molecule has 0 radical (unpaired) electrons.